The highest BCUT2D eigenvalue weighted by Gasteiger charge is 2.35. The fraction of sp³-hybridized carbons (Fsp3) is 0.385. The minimum Gasteiger partial charge on any atom is -0.460 e. The fourth-order valence-electron chi connectivity index (χ4n) is 2.27. The fourth-order valence-corrected chi connectivity index (χ4v) is 2.63. The van der Waals surface area contributed by atoms with Crippen molar-refractivity contribution >= 4 is 21.9 Å². The maximum atomic E-state index is 13.1. The van der Waals surface area contributed by atoms with Crippen LogP contribution in [0.2, 0.25) is 0 Å². The minimum atomic E-state index is -4.54. The monoisotopic (exact) mass is 390 g/mol. The molecular weight excluding hydrogens is 381 g/mol. The first-order chi connectivity index (χ1) is 10.8. The standard InChI is InChI=1S/C13H10BrF3N4O2/c14-7-1-3-9(10(5-7)13(15,16)17)12-18-20-21(19-12)6-8-2-4-11(22)23-8/h1,3,5,8H,2,4,6H2. The lowest BCUT2D eigenvalue weighted by Crippen LogP contribution is -2.18. The van der Waals surface area contributed by atoms with Crippen molar-refractivity contribution in [2.75, 3.05) is 0 Å². The van der Waals surface area contributed by atoms with Crippen LogP contribution in [-0.2, 0) is 22.3 Å². The summed E-state index contributed by atoms with van der Waals surface area (Å²) in [6.45, 7) is 0.163. The average molecular weight is 391 g/mol. The van der Waals surface area contributed by atoms with Crippen LogP contribution < -0.4 is 0 Å². The Kier molecular flexibility index (Phi) is 4.09. The zero-order valence-electron chi connectivity index (χ0n) is 11.5. The van der Waals surface area contributed by atoms with Gasteiger partial charge in [-0.3, -0.25) is 4.79 Å². The van der Waals surface area contributed by atoms with E-state index in [2.05, 4.69) is 31.3 Å². The molecule has 0 saturated carbocycles. The Morgan fingerprint density at radius 2 is 2.17 bits per heavy atom. The summed E-state index contributed by atoms with van der Waals surface area (Å²) in [6, 6.07) is 3.72. The van der Waals surface area contributed by atoms with Crippen molar-refractivity contribution in [2.45, 2.75) is 31.7 Å². The number of hydrogen-bond donors (Lipinski definition) is 0. The lowest BCUT2D eigenvalue weighted by molar-refractivity contribution is -0.142. The number of alkyl halides is 3. The number of rotatable bonds is 3. The van der Waals surface area contributed by atoms with E-state index >= 15 is 0 Å². The van der Waals surface area contributed by atoms with Crippen molar-refractivity contribution in [2.24, 2.45) is 0 Å². The molecule has 0 radical (unpaired) electrons. The van der Waals surface area contributed by atoms with Crippen molar-refractivity contribution in [3.63, 3.8) is 0 Å². The number of hydrogen-bond acceptors (Lipinski definition) is 5. The van der Waals surface area contributed by atoms with Gasteiger partial charge >= 0.3 is 12.1 Å². The summed E-state index contributed by atoms with van der Waals surface area (Å²) in [5.74, 6) is -0.434. The molecule has 0 N–H and O–H groups in total. The van der Waals surface area contributed by atoms with Crippen LogP contribution in [0.3, 0.4) is 0 Å². The summed E-state index contributed by atoms with van der Waals surface area (Å²) >= 11 is 3.02. The molecule has 1 saturated heterocycles. The van der Waals surface area contributed by atoms with Gasteiger partial charge in [0.1, 0.15) is 6.10 Å². The third-order valence-electron chi connectivity index (χ3n) is 3.32. The SMILES string of the molecule is O=C1CCC(Cn2nnc(-c3ccc(Br)cc3C(F)(F)F)n2)O1. The van der Waals surface area contributed by atoms with Crippen LogP contribution in [-0.4, -0.2) is 32.3 Å². The zero-order valence-corrected chi connectivity index (χ0v) is 13.1. The van der Waals surface area contributed by atoms with Crippen molar-refractivity contribution in [3.8, 4) is 11.4 Å². The van der Waals surface area contributed by atoms with Crippen LogP contribution >= 0.6 is 15.9 Å². The number of esters is 1. The van der Waals surface area contributed by atoms with E-state index in [-0.39, 0.29) is 30.0 Å². The molecule has 0 spiro atoms. The normalized spacial score (nSPS) is 18.3. The Morgan fingerprint density at radius 1 is 1.39 bits per heavy atom. The van der Waals surface area contributed by atoms with Gasteiger partial charge in [-0.1, -0.05) is 15.9 Å². The highest BCUT2D eigenvalue weighted by atomic mass is 79.9. The number of cyclic esters (lactones) is 1. The zero-order chi connectivity index (χ0) is 16.6. The van der Waals surface area contributed by atoms with Crippen molar-refractivity contribution < 1.29 is 22.7 Å². The minimum absolute atomic E-state index is 0.130. The van der Waals surface area contributed by atoms with Crippen LogP contribution in [0.4, 0.5) is 13.2 Å². The van der Waals surface area contributed by atoms with Gasteiger partial charge in [-0.15, -0.1) is 10.2 Å². The molecule has 23 heavy (non-hydrogen) atoms. The lowest BCUT2D eigenvalue weighted by Gasteiger charge is -2.11. The summed E-state index contributed by atoms with van der Waals surface area (Å²) in [5.41, 5.74) is -1.01. The van der Waals surface area contributed by atoms with Gasteiger partial charge in [0.05, 0.1) is 12.1 Å². The van der Waals surface area contributed by atoms with E-state index < -0.39 is 11.7 Å². The molecule has 10 heteroatoms. The smallest absolute Gasteiger partial charge is 0.417 e. The van der Waals surface area contributed by atoms with Crippen molar-refractivity contribution in [1.82, 2.24) is 20.2 Å². The first kappa shape index (κ1) is 15.9. The Morgan fingerprint density at radius 3 is 2.83 bits per heavy atom. The van der Waals surface area contributed by atoms with E-state index in [1.165, 1.54) is 12.1 Å². The molecule has 1 aliphatic rings. The summed E-state index contributed by atoms with van der Waals surface area (Å²) in [6.07, 6.45) is -4.07. The van der Waals surface area contributed by atoms with Gasteiger partial charge in [-0.25, -0.2) is 0 Å². The number of halogens is 4. The second-order valence-electron chi connectivity index (χ2n) is 5.01. The maximum Gasteiger partial charge on any atom is 0.417 e. The lowest BCUT2D eigenvalue weighted by atomic mass is 10.1. The van der Waals surface area contributed by atoms with Gasteiger partial charge in [-0.2, -0.15) is 18.0 Å². The molecule has 1 unspecified atom stereocenters. The molecule has 3 rings (SSSR count). The number of ether oxygens (including phenoxy) is 1. The molecule has 1 fully saturated rings. The van der Waals surface area contributed by atoms with Gasteiger partial charge in [-0.05, 0) is 29.8 Å². The van der Waals surface area contributed by atoms with Crippen LogP contribution in [0.25, 0.3) is 11.4 Å². The number of aromatic nitrogens is 4. The van der Waals surface area contributed by atoms with E-state index in [9.17, 15) is 18.0 Å². The summed E-state index contributed by atoms with van der Waals surface area (Å²) in [4.78, 5) is 12.2. The molecule has 0 amide bonds. The molecular formula is C13H10BrF3N4O2. The third-order valence-corrected chi connectivity index (χ3v) is 3.81. The number of carbonyl (C=O) groups is 1. The van der Waals surface area contributed by atoms with Gasteiger partial charge in [0.2, 0.25) is 5.82 Å². The van der Waals surface area contributed by atoms with E-state index in [4.69, 9.17) is 4.74 Å². The number of tetrazole rings is 1. The van der Waals surface area contributed by atoms with Gasteiger partial charge < -0.3 is 4.74 Å². The average Bonchev–Trinajstić information content (AvgIpc) is 3.08. The van der Waals surface area contributed by atoms with Gasteiger partial charge in [0.25, 0.3) is 0 Å². The molecule has 0 bridgehead atoms. The second kappa shape index (κ2) is 5.91. The number of carbonyl (C=O) groups excluding carboxylic acids is 1. The summed E-state index contributed by atoms with van der Waals surface area (Å²) < 4.78 is 44.7. The highest BCUT2D eigenvalue weighted by molar-refractivity contribution is 9.10. The van der Waals surface area contributed by atoms with Gasteiger partial charge in [0.15, 0.2) is 0 Å². The largest absolute Gasteiger partial charge is 0.460 e. The second-order valence-corrected chi connectivity index (χ2v) is 5.92. The van der Waals surface area contributed by atoms with Crippen LogP contribution in [0.5, 0.6) is 0 Å². The van der Waals surface area contributed by atoms with Crippen molar-refractivity contribution in [1.29, 1.82) is 0 Å². The Bertz CT molecular complexity index is 747. The molecule has 6 nitrogen and oxygen atoms in total. The first-order valence-electron chi connectivity index (χ1n) is 6.67. The molecule has 1 aromatic carbocycles. The van der Waals surface area contributed by atoms with E-state index in [0.717, 1.165) is 10.9 Å². The van der Waals surface area contributed by atoms with E-state index in [1.54, 1.807) is 0 Å². The van der Waals surface area contributed by atoms with Crippen LogP contribution in [0, 0.1) is 0 Å². The maximum absolute atomic E-state index is 13.1. The third kappa shape index (κ3) is 3.52. The topological polar surface area (TPSA) is 69.9 Å². The Labute approximate surface area is 136 Å². The summed E-state index contributed by atoms with van der Waals surface area (Å²) in [5, 5.41) is 11.4. The van der Waals surface area contributed by atoms with E-state index in [0.29, 0.717) is 17.3 Å². The van der Waals surface area contributed by atoms with E-state index in [1.807, 2.05) is 0 Å². The Hall–Kier alpha value is -1.97. The number of nitrogens with zero attached hydrogens (tertiary/aromatic N) is 4. The van der Waals surface area contributed by atoms with Crippen LogP contribution in [0.1, 0.15) is 18.4 Å². The quantitative estimate of drug-likeness (QED) is 0.753. The summed E-state index contributed by atoms with van der Waals surface area (Å²) in [7, 11) is 0. The highest BCUT2D eigenvalue weighted by Crippen LogP contribution is 2.37. The van der Waals surface area contributed by atoms with Crippen LogP contribution in [0.15, 0.2) is 22.7 Å². The predicted molar refractivity (Wildman–Crippen MR) is 75.1 cm³/mol. The Balaban J connectivity index is 1.87. The van der Waals surface area contributed by atoms with Crippen molar-refractivity contribution in [3.05, 3.63) is 28.2 Å². The molecule has 1 aromatic heterocycles. The molecule has 1 atom stereocenters. The molecule has 122 valence electrons. The number of benzene rings is 1. The molecule has 2 aromatic rings. The molecule has 1 aliphatic heterocycles. The van der Waals surface area contributed by atoms with Gasteiger partial charge in [0, 0.05) is 16.5 Å². The predicted octanol–water partition coefficient (Wildman–Crippen LogP) is 2.83. The molecule has 2 heterocycles. The molecule has 0 aliphatic carbocycles. The first-order valence-corrected chi connectivity index (χ1v) is 7.46.